The van der Waals surface area contributed by atoms with Crippen LogP contribution in [0.1, 0.15) is 15.9 Å². The van der Waals surface area contributed by atoms with Crippen molar-refractivity contribution in [3.63, 3.8) is 0 Å². The van der Waals surface area contributed by atoms with E-state index < -0.39 is 0 Å². The fourth-order valence-electron chi connectivity index (χ4n) is 2.65. The van der Waals surface area contributed by atoms with Gasteiger partial charge >= 0.3 is 5.97 Å². The van der Waals surface area contributed by atoms with E-state index in [1.807, 2.05) is 48.5 Å². The van der Waals surface area contributed by atoms with Crippen molar-refractivity contribution in [3.05, 3.63) is 90.0 Å². The first-order chi connectivity index (χ1) is 11.7. The summed E-state index contributed by atoms with van der Waals surface area (Å²) in [7, 11) is 1.40. The lowest BCUT2D eigenvalue weighted by atomic mass is 10.1. The molecule has 0 aromatic heterocycles. The number of para-hydroxylation sites is 2. The molecular formula is C21H19NO2. The average molecular weight is 317 g/mol. The van der Waals surface area contributed by atoms with Crippen molar-refractivity contribution >= 4 is 23.0 Å². The summed E-state index contributed by atoms with van der Waals surface area (Å²) in [4.78, 5) is 14.3. The molecule has 0 fully saturated rings. The normalized spacial score (nSPS) is 10.2. The van der Waals surface area contributed by atoms with Crippen LogP contribution in [0.5, 0.6) is 0 Å². The number of nitrogens with zero attached hydrogens (tertiary/aromatic N) is 1. The van der Waals surface area contributed by atoms with Gasteiger partial charge in [-0.2, -0.15) is 0 Å². The van der Waals surface area contributed by atoms with Gasteiger partial charge in [0.2, 0.25) is 0 Å². The van der Waals surface area contributed by atoms with Gasteiger partial charge in [-0.05, 0) is 43.3 Å². The SMILES string of the molecule is COC(=O)c1ccccc1N(c1ccccc1)c1ccc(C)cc1. The number of anilines is 3. The van der Waals surface area contributed by atoms with Gasteiger partial charge in [0.15, 0.2) is 0 Å². The van der Waals surface area contributed by atoms with Gasteiger partial charge in [-0.1, -0.05) is 48.0 Å². The van der Waals surface area contributed by atoms with Crippen LogP contribution in [0.2, 0.25) is 0 Å². The van der Waals surface area contributed by atoms with E-state index in [1.54, 1.807) is 6.07 Å². The number of carbonyl (C=O) groups excluding carboxylic acids is 1. The highest BCUT2D eigenvalue weighted by atomic mass is 16.5. The molecule has 120 valence electrons. The zero-order chi connectivity index (χ0) is 16.9. The van der Waals surface area contributed by atoms with Gasteiger partial charge in [0.1, 0.15) is 0 Å². The maximum atomic E-state index is 12.2. The van der Waals surface area contributed by atoms with Crippen LogP contribution in [0.15, 0.2) is 78.9 Å². The molecule has 3 nitrogen and oxygen atoms in total. The van der Waals surface area contributed by atoms with Crippen LogP contribution in [0.25, 0.3) is 0 Å². The van der Waals surface area contributed by atoms with Crippen LogP contribution in [0.4, 0.5) is 17.1 Å². The van der Waals surface area contributed by atoms with Crippen LogP contribution >= 0.6 is 0 Å². The topological polar surface area (TPSA) is 29.5 Å². The van der Waals surface area contributed by atoms with E-state index in [0.717, 1.165) is 17.1 Å². The number of methoxy groups -OCH3 is 1. The Bertz CT molecular complexity index is 826. The van der Waals surface area contributed by atoms with E-state index in [4.69, 9.17) is 4.74 Å². The van der Waals surface area contributed by atoms with Crippen molar-refractivity contribution in [2.24, 2.45) is 0 Å². The molecule has 3 rings (SSSR count). The molecule has 0 spiro atoms. The third kappa shape index (κ3) is 3.15. The van der Waals surface area contributed by atoms with Gasteiger partial charge in [-0.25, -0.2) is 4.79 Å². The maximum absolute atomic E-state index is 12.2. The molecule has 0 unspecified atom stereocenters. The van der Waals surface area contributed by atoms with Gasteiger partial charge in [0, 0.05) is 11.4 Å². The molecule has 0 bridgehead atoms. The monoisotopic (exact) mass is 317 g/mol. The molecule has 0 radical (unpaired) electrons. The van der Waals surface area contributed by atoms with Crippen molar-refractivity contribution < 1.29 is 9.53 Å². The highest BCUT2D eigenvalue weighted by molar-refractivity contribution is 5.98. The second kappa shape index (κ2) is 7.01. The largest absolute Gasteiger partial charge is 0.465 e. The van der Waals surface area contributed by atoms with Gasteiger partial charge in [0.25, 0.3) is 0 Å². The number of aryl methyl sites for hydroxylation is 1. The van der Waals surface area contributed by atoms with E-state index in [2.05, 4.69) is 36.1 Å². The Morgan fingerprint density at radius 2 is 1.38 bits per heavy atom. The fourth-order valence-corrected chi connectivity index (χ4v) is 2.65. The second-order valence-electron chi connectivity index (χ2n) is 5.52. The molecule has 24 heavy (non-hydrogen) atoms. The first kappa shape index (κ1) is 15.8. The molecule has 0 N–H and O–H groups in total. The number of carbonyl (C=O) groups is 1. The molecule has 3 aromatic carbocycles. The van der Waals surface area contributed by atoms with E-state index in [1.165, 1.54) is 12.7 Å². The lowest BCUT2D eigenvalue weighted by Gasteiger charge is -2.27. The second-order valence-corrected chi connectivity index (χ2v) is 5.52. The summed E-state index contributed by atoms with van der Waals surface area (Å²) in [6.07, 6.45) is 0. The number of ether oxygens (including phenoxy) is 1. The molecular weight excluding hydrogens is 298 g/mol. The lowest BCUT2D eigenvalue weighted by molar-refractivity contribution is 0.0601. The number of hydrogen-bond donors (Lipinski definition) is 0. The third-order valence-corrected chi connectivity index (χ3v) is 3.86. The Morgan fingerprint density at radius 1 is 0.792 bits per heavy atom. The van der Waals surface area contributed by atoms with Gasteiger partial charge in [0.05, 0.1) is 18.4 Å². The fraction of sp³-hybridized carbons (Fsp3) is 0.0952. The van der Waals surface area contributed by atoms with Crippen molar-refractivity contribution in [2.75, 3.05) is 12.0 Å². The lowest BCUT2D eigenvalue weighted by Crippen LogP contribution is -2.15. The van der Waals surface area contributed by atoms with Crippen molar-refractivity contribution in [1.29, 1.82) is 0 Å². The molecule has 0 atom stereocenters. The minimum absolute atomic E-state index is 0.348. The van der Waals surface area contributed by atoms with E-state index in [-0.39, 0.29) is 5.97 Å². The molecule has 0 aliphatic heterocycles. The van der Waals surface area contributed by atoms with Gasteiger partial charge < -0.3 is 9.64 Å². The van der Waals surface area contributed by atoms with E-state index in [0.29, 0.717) is 5.56 Å². The minimum atomic E-state index is -0.348. The highest BCUT2D eigenvalue weighted by Crippen LogP contribution is 2.36. The van der Waals surface area contributed by atoms with E-state index >= 15 is 0 Å². The zero-order valence-corrected chi connectivity index (χ0v) is 13.8. The number of rotatable bonds is 4. The maximum Gasteiger partial charge on any atom is 0.339 e. The summed E-state index contributed by atoms with van der Waals surface area (Å²) in [5.41, 5.74) is 4.48. The molecule has 0 saturated heterocycles. The van der Waals surface area contributed by atoms with Crippen molar-refractivity contribution in [3.8, 4) is 0 Å². The third-order valence-electron chi connectivity index (χ3n) is 3.86. The summed E-state index contributed by atoms with van der Waals surface area (Å²) in [5.74, 6) is -0.348. The number of benzene rings is 3. The Kier molecular flexibility index (Phi) is 4.62. The molecule has 3 aromatic rings. The summed E-state index contributed by atoms with van der Waals surface area (Å²) in [6, 6.07) is 25.7. The van der Waals surface area contributed by atoms with Gasteiger partial charge in [-0.15, -0.1) is 0 Å². The summed E-state index contributed by atoms with van der Waals surface area (Å²) < 4.78 is 4.95. The number of esters is 1. The Morgan fingerprint density at radius 3 is 2.04 bits per heavy atom. The van der Waals surface area contributed by atoms with Crippen LogP contribution in [0, 0.1) is 6.92 Å². The van der Waals surface area contributed by atoms with E-state index in [9.17, 15) is 4.79 Å². The molecule has 0 saturated carbocycles. The molecule has 0 heterocycles. The van der Waals surface area contributed by atoms with Crippen LogP contribution in [-0.2, 0) is 4.74 Å². The van der Waals surface area contributed by atoms with Gasteiger partial charge in [-0.3, -0.25) is 0 Å². The highest BCUT2D eigenvalue weighted by Gasteiger charge is 2.19. The standard InChI is InChI=1S/C21H19NO2/c1-16-12-14-18(15-13-16)22(17-8-4-3-5-9-17)20-11-7-6-10-19(20)21(23)24-2/h3-15H,1-2H3. The zero-order valence-electron chi connectivity index (χ0n) is 13.8. The van der Waals surface area contributed by atoms with Crippen molar-refractivity contribution in [2.45, 2.75) is 6.92 Å². The molecule has 0 amide bonds. The Hall–Kier alpha value is -3.07. The van der Waals surface area contributed by atoms with Crippen molar-refractivity contribution in [1.82, 2.24) is 0 Å². The quantitative estimate of drug-likeness (QED) is 0.615. The smallest absolute Gasteiger partial charge is 0.339 e. The molecule has 3 heteroatoms. The van der Waals surface area contributed by atoms with Crippen LogP contribution in [-0.4, -0.2) is 13.1 Å². The minimum Gasteiger partial charge on any atom is -0.465 e. The van der Waals surface area contributed by atoms with Crippen LogP contribution in [0.3, 0.4) is 0 Å². The summed E-state index contributed by atoms with van der Waals surface area (Å²) in [6.45, 7) is 2.05. The molecule has 0 aliphatic carbocycles. The van der Waals surface area contributed by atoms with Crippen LogP contribution < -0.4 is 4.90 Å². The summed E-state index contributed by atoms with van der Waals surface area (Å²) >= 11 is 0. The molecule has 0 aliphatic rings. The first-order valence-electron chi connectivity index (χ1n) is 7.80. The predicted octanol–water partition coefficient (Wildman–Crippen LogP) is 5.25. The predicted molar refractivity (Wildman–Crippen MR) is 97.2 cm³/mol. The average Bonchev–Trinajstić information content (AvgIpc) is 2.64. The number of hydrogen-bond acceptors (Lipinski definition) is 3. The Balaban J connectivity index is 2.20. The Labute approximate surface area is 142 Å². The summed E-state index contributed by atoms with van der Waals surface area (Å²) in [5, 5.41) is 0. The first-order valence-corrected chi connectivity index (χ1v) is 7.80.